The number of hydrogen-bond acceptors (Lipinski definition) is 4. The standard InChI is InChI=1S/C16H23NO4/c1-17-16(15(18)19)9-4-5-12(16)8-10-21-14-7-3-6-13(11-14)20-2/h3,6-7,11-12,17H,4-5,8-10H2,1-2H3,(H,18,19). The molecule has 0 spiro atoms. The molecule has 5 heteroatoms. The first kappa shape index (κ1) is 15.6. The number of carbonyl (C=O) groups is 1. The van der Waals surface area contributed by atoms with Crippen molar-refractivity contribution in [3.05, 3.63) is 24.3 Å². The van der Waals surface area contributed by atoms with Crippen LogP contribution in [0.3, 0.4) is 0 Å². The number of nitrogens with one attached hydrogen (secondary N) is 1. The van der Waals surface area contributed by atoms with Crippen molar-refractivity contribution in [1.82, 2.24) is 5.32 Å². The van der Waals surface area contributed by atoms with Crippen LogP contribution in [0.4, 0.5) is 0 Å². The molecule has 2 atom stereocenters. The van der Waals surface area contributed by atoms with E-state index in [1.807, 2.05) is 24.3 Å². The molecule has 0 aromatic heterocycles. The van der Waals surface area contributed by atoms with Crippen molar-refractivity contribution in [2.75, 3.05) is 20.8 Å². The van der Waals surface area contributed by atoms with Gasteiger partial charge in [-0.15, -0.1) is 0 Å². The average Bonchev–Trinajstić information content (AvgIpc) is 2.92. The van der Waals surface area contributed by atoms with Crippen LogP contribution in [-0.2, 0) is 4.79 Å². The van der Waals surface area contributed by atoms with E-state index in [1.54, 1.807) is 14.2 Å². The lowest BCUT2D eigenvalue weighted by Crippen LogP contribution is -2.53. The zero-order valence-electron chi connectivity index (χ0n) is 12.6. The van der Waals surface area contributed by atoms with E-state index >= 15 is 0 Å². The van der Waals surface area contributed by atoms with Gasteiger partial charge in [-0.1, -0.05) is 12.5 Å². The SMILES string of the molecule is CNC1(C(=O)O)CCCC1CCOc1cccc(OC)c1. The van der Waals surface area contributed by atoms with Gasteiger partial charge < -0.3 is 19.9 Å². The Morgan fingerprint density at radius 1 is 1.48 bits per heavy atom. The van der Waals surface area contributed by atoms with Gasteiger partial charge in [-0.25, -0.2) is 0 Å². The van der Waals surface area contributed by atoms with E-state index in [9.17, 15) is 9.90 Å². The first-order valence-electron chi connectivity index (χ1n) is 7.31. The molecule has 2 N–H and O–H groups in total. The Morgan fingerprint density at radius 2 is 2.24 bits per heavy atom. The van der Waals surface area contributed by atoms with Crippen LogP contribution < -0.4 is 14.8 Å². The largest absolute Gasteiger partial charge is 0.497 e. The fourth-order valence-electron chi connectivity index (χ4n) is 3.20. The number of benzene rings is 1. The zero-order chi connectivity index (χ0) is 15.3. The third-order valence-corrected chi connectivity index (χ3v) is 4.42. The van der Waals surface area contributed by atoms with Gasteiger partial charge in [-0.3, -0.25) is 4.79 Å². The Balaban J connectivity index is 1.92. The van der Waals surface area contributed by atoms with Crippen molar-refractivity contribution in [3.8, 4) is 11.5 Å². The molecular formula is C16H23NO4. The Bertz CT molecular complexity index is 491. The van der Waals surface area contributed by atoms with E-state index < -0.39 is 11.5 Å². The van der Waals surface area contributed by atoms with Gasteiger partial charge in [0.25, 0.3) is 0 Å². The zero-order valence-corrected chi connectivity index (χ0v) is 12.6. The third kappa shape index (κ3) is 3.29. The fraction of sp³-hybridized carbons (Fsp3) is 0.562. The molecule has 1 aromatic carbocycles. The van der Waals surface area contributed by atoms with Crippen LogP contribution in [0.25, 0.3) is 0 Å². The summed E-state index contributed by atoms with van der Waals surface area (Å²) in [5, 5.41) is 12.5. The number of carboxylic acids is 1. The first-order valence-corrected chi connectivity index (χ1v) is 7.31. The molecule has 116 valence electrons. The number of ether oxygens (including phenoxy) is 2. The van der Waals surface area contributed by atoms with Crippen LogP contribution in [-0.4, -0.2) is 37.4 Å². The van der Waals surface area contributed by atoms with Crippen molar-refractivity contribution >= 4 is 5.97 Å². The molecule has 2 rings (SSSR count). The highest BCUT2D eigenvalue weighted by Crippen LogP contribution is 2.38. The van der Waals surface area contributed by atoms with Crippen molar-refractivity contribution in [3.63, 3.8) is 0 Å². The summed E-state index contributed by atoms with van der Waals surface area (Å²) in [6.45, 7) is 0.508. The second-order valence-electron chi connectivity index (χ2n) is 5.43. The van der Waals surface area contributed by atoms with E-state index in [-0.39, 0.29) is 5.92 Å². The topological polar surface area (TPSA) is 67.8 Å². The molecule has 0 bridgehead atoms. The predicted octanol–water partition coefficient (Wildman–Crippen LogP) is 2.31. The first-order chi connectivity index (χ1) is 10.1. The molecule has 5 nitrogen and oxygen atoms in total. The van der Waals surface area contributed by atoms with E-state index in [0.717, 1.165) is 30.8 Å². The summed E-state index contributed by atoms with van der Waals surface area (Å²) in [5.74, 6) is 0.848. The summed E-state index contributed by atoms with van der Waals surface area (Å²) in [6, 6.07) is 7.44. The van der Waals surface area contributed by atoms with Crippen molar-refractivity contribution in [1.29, 1.82) is 0 Å². The second-order valence-corrected chi connectivity index (χ2v) is 5.43. The second kappa shape index (κ2) is 6.80. The minimum atomic E-state index is -0.794. The number of carboxylic acid groups (broad SMARTS) is 1. The lowest BCUT2D eigenvalue weighted by Gasteiger charge is -2.30. The maximum absolute atomic E-state index is 11.6. The number of rotatable bonds is 7. The van der Waals surface area contributed by atoms with Crippen molar-refractivity contribution in [2.45, 2.75) is 31.2 Å². The molecule has 1 saturated carbocycles. The summed E-state index contributed by atoms with van der Waals surface area (Å²) in [6.07, 6.45) is 3.28. The molecular weight excluding hydrogens is 270 g/mol. The molecule has 1 aromatic rings. The molecule has 0 aliphatic heterocycles. The summed E-state index contributed by atoms with van der Waals surface area (Å²) in [4.78, 5) is 11.6. The Morgan fingerprint density at radius 3 is 2.90 bits per heavy atom. The molecule has 0 radical (unpaired) electrons. The highest BCUT2D eigenvalue weighted by molar-refractivity contribution is 5.79. The molecule has 1 aliphatic carbocycles. The molecule has 1 aliphatic rings. The van der Waals surface area contributed by atoms with E-state index in [1.165, 1.54) is 0 Å². The number of aliphatic carboxylic acids is 1. The lowest BCUT2D eigenvalue weighted by atomic mass is 9.85. The number of likely N-dealkylation sites (N-methyl/N-ethyl adjacent to an activating group) is 1. The third-order valence-electron chi connectivity index (χ3n) is 4.42. The fourth-order valence-corrected chi connectivity index (χ4v) is 3.20. The highest BCUT2D eigenvalue weighted by atomic mass is 16.5. The monoisotopic (exact) mass is 293 g/mol. The van der Waals surface area contributed by atoms with Gasteiger partial charge >= 0.3 is 5.97 Å². The summed E-state index contributed by atoms with van der Waals surface area (Å²) >= 11 is 0. The van der Waals surface area contributed by atoms with Crippen LogP contribution in [0, 0.1) is 5.92 Å². The maximum atomic E-state index is 11.6. The predicted molar refractivity (Wildman–Crippen MR) is 79.9 cm³/mol. The summed E-state index contributed by atoms with van der Waals surface area (Å²) in [5.41, 5.74) is -0.794. The Hall–Kier alpha value is -1.75. The van der Waals surface area contributed by atoms with Crippen molar-refractivity contribution in [2.24, 2.45) is 5.92 Å². The van der Waals surface area contributed by atoms with Gasteiger partial charge in [-0.2, -0.15) is 0 Å². The quantitative estimate of drug-likeness (QED) is 0.807. The summed E-state index contributed by atoms with van der Waals surface area (Å²) < 4.78 is 10.9. The van der Waals surface area contributed by atoms with Gasteiger partial charge in [0.1, 0.15) is 17.0 Å². The lowest BCUT2D eigenvalue weighted by molar-refractivity contribution is -0.146. The highest BCUT2D eigenvalue weighted by Gasteiger charge is 2.47. The molecule has 1 fully saturated rings. The van der Waals surface area contributed by atoms with Crippen LogP contribution >= 0.6 is 0 Å². The van der Waals surface area contributed by atoms with Crippen LogP contribution in [0.5, 0.6) is 11.5 Å². The molecule has 0 saturated heterocycles. The van der Waals surface area contributed by atoms with Crippen LogP contribution in [0.15, 0.2) is 24.3 Å². The molecule has 2 unspecified atom stereocenters. The minimum absolute atomic E-state index is 0.102. The van der Waals surface area contributed by atoms with Gasteiger partial charge in [-0.05, 0) is 44.4 Å². The number of methoxy groups -OCH3 is 1. The Labute approximate surface area is 125 Å². The van der Waals surface area contributed by atoms with E-state index in [2.05, 4.69) is 5.32 Å². The minimum Gasteiger partial charge on any atom is -0.497 e. The van der Waals surface area contributed by atoms with Crippen molar-refractivity contribution < 1.29 is 19.4 Å². The molecule has 0 amide bonds. The van der Waals surface area contributed by atoms with E-state index in [4.69, 9.17) is 9.47 Å². The maximum Gasteiger partial charge on any atom is 0.324 e. The smallest absolute Gasteiger partial charge is 0.324 e. The molecule has 0 heterocycles. The van der Waals surface area contributed by atoms with E-state index in [0.29, 0.717) is 13.0 Å². The van der Waals surface area contributed by atoms with Gasteiger partial charge in [0.15, 0.2) is 0 Å². The average molecular weight is 293 g/mol. The van der Waals surface area contributed by atoms with Gasteiger partial charge in [0.2, 0.25) is 0 Å². The normalized spacial score (nSPS) is 24.8. The van der Waals surface area contributed by atoms with Gasteiger partial charge in [0.05, 0.1) is 13.7 Å². The summed E-state index contributed by atoms with van der Waals surface area (Å²) in [7, 11) is 3.35. The molecule has 21 heavy (non-hydrogen) atoms. The van der Waals surface area contributed by atoms with Crippen LogP contribution in [0.2, 0.25) is 0 Å². The van der Waals surface area contributed by atoms with Gasteiger partial charge in [0, 0.05) is 6.07 Å². The number of hydrogen-bond donors (Lipinski definition) is 2. The Kier molecular flexibility index (Phi) is 5.07. The van der Waals surface area contributed by atoms with Crippen LogP contribution in [0.1, 0.15) is 25.7 Å².